The van der Waals surface area contributed by atoms with Gasteiger partial charge in [0.2, 0.25) is 0 Å². The van der Waals surface area contributed by atoms with Crippen LogP contribution in [-0.4, -0.2) is 43.2 Å². The second kappa shape index (κ2) is 7.98. The molecule has 1 atom stereocenters. The molecule has 5 rings (SSSR count). The van der Waals surface area contributed by atoms with Gasteiger partial charge in [-0.3, -0.25) is 9.69 Å². The van der Waals surface area contributed by atoms with Gasteiger partial charge in [0.05, 0.1) is 17.8 Å². The Morgan fingerprint density at radius 1 is 1.19 bits per heavy atom. The van der Waals surface area contributed by atoms with Gasteiger partial charge in [-0.25, -0.2) is 9.97 Å². The van der Waals surface area contributed by atoms with Crippen molar-refractivity contribution in [1.29, 1.82) is 0 Å². The number of nitrogens with two attached hydrogens (primary N) is 1. The molecule has 32 heavy (non-hydrogen) atoms. The SMILES string of the molecule is CCn1c(C)nnc1-c1cccc(N2Cc3c(cc(N4CCC[C@@H]4C)nc3CN)C2=O)n1. The fourth-order valence-corrected chi connectivity index (χ4v) is 4.77. The smallest absolute Gasteiger partial charge is 0.260 e. The van der Waals surface area contributed by atoms with Crippen molar-refractivity contribution in [1.82, 2.24) is 24.7 Å². The summed E-state index contributed by atoms with van der Waals surface area (Å²) in [5.74, 6) is 2.90. The topological polar surface area (TPSA) is 106 Å². The summed E-state index contributed by atoms with van der Waals surface area (Å²) >= 11 is 0. The number of aryl methyl sites for hydroxylation is 1. The maximum Gasteiger partial charge on any atom is 0.260 e. The number of carbonyl (C=O) groups excluding carboxylic acids is 1. The fourth-order valence-electron chi connectivity index (χ4n) is 4.77. The predicted octanol–water partition coefficient (Wildman–Crippen LogP) is 2.67. The Hall–Kier alpha value is -3.33. The monoisotopic (exact) mass is 432 g/mol. The molecule has 1 amide bonds. The number of aromatic nitrogens is 5. The van der Waals surface area contributed by atoms with Crippen LogP contribution in [0.3, 0.4) is 0 Å². The summed E-state index contributed by atoms with van der Waals surface area (Å²) in [6, 6.07) is 7.99. The number of fused-ring (bicyclic) bond motifs is 1. The summed E-state index contributed by atoms with van der Waals surface area (Å²) in [6.45, 7) is 8.58. The van der Waals surface area contributed by atoms with Crippen LogP contribution in [0.15, 0.2) is 24.3 Å². The molecular formula is C23H28N8O. The number of hydrogen-bond acceptors (Lipinski definition) is 7. The van der Waals surface area contributed by atoms with E-state index in [0.717, 1.165) is 48.8 Å². The van der Waals surface area contributed by atoms with Crippen molar-refractivity contribution in [2.75, 3.05) is 16.3 Å². The van der Waals surface area contributed by atoms with Crippen LogP contribution in [0.2, 0.25) is 0 Å². The molecule has 9 nitrogen and oxygen atoms in total. The predicted molar refractivity (Wildman–Crippen MR) is 122 cm³/mol. The molecule has 0 unspecified atom stereocenters. The minimum atomic E-state index is -0.0667. The highest BCUT2D eigenvalue weighted by molar-refractivity contribution is 6.10. The summed E-state index contributed by atoms with van der Waals surface area (Å²) in [7, 11) is 0. The van der Waals surface area contributed by atoms with Gasteiger partial charge in [0.1, 0.15) is 23.2 Å². The first-order valence-corrected chi connectivity index (χ1v) is 11.2. The van der Waals surface area contributed by atoms with Crippen molar-refractivity contribution < 1.29 is 4.79 Å². The highest BCUT2D eigenvalue weighted by Crippen LogP contribution is 2.34. The van der Waals surface area contributed by atoms with E-state index in [4.69, 9.17) is 15.7 Å². The molecule has 2 N–H and O–H groups in total. The Bertz CT molecular complexity index is 1190. The van der Waals surface area contributed by atoms with Gasteiger partial charge in [-0.2, -0.15) is 0 Å². The minimum Gasteiger partial charge on any atom is -0.354 e. The number of pyridine rings is 2. The molecule has 1 saturated heterocycles. The van der Waals surface area contributed by atoms with Gasteiger partial charge in [-0.1, -0.05) is 6.07 Å². The molecule has 0 aromatic carbocycles. The van der Waals surface area contributed by atoms with Crippen molar-refractivity contribution in [3.8, 4) is 11.5 Å². The molecule has 0 spiro atoms. The van der Waals surface area contributed by atoms with Crippen molar-refractivity contribution >= 4 is 17.5 Å². The van der Waals surface area contributed by atoms with Crippen molar-refractivity contribution in [2.24, 2.45) is 5.73 Å². The Kier molecular flexibility index (Phi) is 5.13. The highest BCUT2D eigenvalue weighted by Gasteiger charge is 2.34. The average Bonchev–Trinajstić information content (AvgIpc) is 3.50. The van der Waals surface area contributed by atoms with Gasteiger partial charge >= 0.3 is 0 Å². The minimum absolute atomic E-state index is 0.0667. The fraction of sp³-hybridized carbons (Fsp3) is 0.435. The zero-order valence-electron chi connectivity index (χ0n) is 18.7. The van der Waals surface area contributed by atoms with Crippen molar-refractivity contribution in [2.45, 2.75) is 59.3 Å². The summed E-state index contributed by atoms with van der Waals surface area (Å²) in [6.07, 6.45) is 2.27. The van der Waals surface area contributed by atoms with E-state index in [9.17, 15) is 4.79 Å². The number of rotatable bonds is 5. The number of carbonyl (C=O) groups is 1. The Balaban J connectivity index is 1.51. The number of anilines is 2. The molecule has 0 bridgehead atoms. The molecule has 9 heteroatoms. The van der Waals surface area contributed by atoms with Crippen LogP contribution in [0, 0.1) is 6.92 Å². The van der Waals surface area contributed by atoms with Crippen LogP contribution in [0.1, 0.15) is 54.1 Å². The molecule has 3 aromatic heterocycles. The van der Waals surface area contributed by atoms with Crippen LogP contribution in [0.25, 0.3) is 11.5 Å². The third-order valence-corrected chi connectivity index (χ3v) is 6.52. The molecule has 2 aliphatic heterocycles. The van der Waals surface area contributed by atoms with Crippen LogP contribution in [0.4, 0.5) is 11.6 Å². The quantitative estimate of drug-likeness (QED) is 0.661. The normalized spacial score (nSPS) is 18.0. The summed E-state index contributed by atoms with van der Waals surface area (Å²) in [5.41, 5.74) is 9.09. The van der Waals surface area contributed by atoms with Gasteiger partial charge in [0.25, 0.3) is 5.91 Å². The van der Waals surface area contributed by atoms with Crippen molar-refractivity contribution in [3.63, 3.8) is 0 Å². The van der Waals surface area contributed by atoms with E-state index in [1.54, 1.807) is 4.90 Å². The van der Waals surface area contributed by atoms with Crippen molar-refractivity contribution in [3.05, 3.63) is 46.9 Å². The zero-order chi connectivity index (χ0) is 22.4. The summed E-state index contributed by atoms with van der Waals surface area (Å²) in [5, 5.41) is 8.47. The summed E-state index contributed by atoms with van der Waals surface area (Å²) < 4.78 is 2.01. The van der Waals surface area contributed by atoms with E-state index in [1.807, 2.05) is 42.7 Å². The van der Waals surface area contributed by atoms with Gasteiger partial charge in [-0.05, 0) is 51.8 Å². The third kappa shape index (κ3) is 3.24. The Morgan fingerprint density at radius 2 is 2.03 bits per heavy atom. The average molecular weight is 433 g/mol. The first-order chi connectivity index (χ1) is 15.5. The van der Waals surface area contributed by atoms with Gasteiger partial charge < -0.3 is 15.2 Å². The molecule has 0 aliphatic carbocycles. The first-order valence-electron chi connectivity index (χ1n) is 11.2. The Morgan fingerprint density at radius 3 is 2.75 bits per heavy atom. The van der Waals surface area contributed by atoms with Crippen LogP contribution < -0.4 is 15.5 Å². The maximum atomic E-state index is 13.5. The lowest BCUT2D eigenvalue weighted by atomic mass is 10.1. The first kappa shape index (κ1) is 20.6. The van der Waals surface area contributed by atoms with Crippen LogP contribution in [-0.2, 0) is 19.6 Å². The maximum absolute atomic E-state index is 13.5. The Labute approximate surface area is 187 Å². The van der Waals surface area contributed by atoms with E-state index >= 15 is 0 Å². The van der Waals surface area contributed by atoms with E-state index in [1.165, 1.54) is 0 Å². The molecule has 0 radical (unpaired) electrons. The summed E-state index contributed by atoms with van der Waals surface area (Å²) in [4.78, 5) is 27.0. The van der Waals surface area contributed by atoms with Gasteiger partial charge in [0.15, 0.2) is 5.82 Å². The molecule has 0 saturated carbocycles. The molecule has 166 valence electrons. The van der Waals surface area contributed by atoms with E-state index < -0.39 is 0 Å². The number of nitrogens with zero attached hydrogens (tertiary/aromatic N) is 7. The largest absolute Gasteiger partial charge is 0.354 e. The molecule has 1 fully saturated rings. The van der Waals surface area contributed by atoms with E-state index in [0.29, 0.717) is 42.0 Å². The van der Waals surface area contributed by atoms with Crippen LogP contribution >= 0.6 is 0 Å². The lowest BCUT2D eigenvalue weighted by molar-refractivity contribution is 0.0996. The number of hydrogen-bond donors (Lipinski definition) is 1. The third-order valence-electron chi connectivity index (χ3n) is 6.52. The lowest BCUT2D eigenvalue weighted by Crippen LogP contribution is -2.28. The molecule has 5 heterocycles. The van der Waals surface area contributed by atoms with E-state index in [-0.39, 0.29) is 5.91 Å². The number of amides is 1. The second-order valence-electron chi connectivity index (χ2n) is 8.43. The molecule has 3 aromatic rings. The molecular weight excluding hydrogens is 404 g/mol. The second-order valence-corrected chi connectivity index (χ2v) is 8.43. The van der Waals surface area contributed by atoms with E-state index in [2.05, 4.69) is 22.0 Å². The lowest BCUT2D eigenvalue weighted by Gasteiger charge is -2.23. The zero-order valence-corrected chi connectivity index (χ0v) is 18.7. The standard InChI is InChI=1S/C23H28N8O/c1-4-29-15(3)27-28-22(29)18-8-5-9-20(25-18)31-13-17-16(23(31)32)11-21(26-19(17)12-24)30-10-6-7-14(30)2/h5,8-9,11,14H,4,6-7,10,12-13,24H2,1-3H3/t14-/m0/s1. The highest BCUT2D eigenvalue weighted by atomic mass is 16.2. The molecule has 2 aliphatic rings. The van der Waals surface area contributed by atoms with Gasteiger partial charge in [-0.15, -0.1) is 10.2 Å². The van der Waals surface area contributed by atoms with Gasteiger partial charge in [0, 0.05) is 31.2 Å². The van der Waals surface area contributed by atoms with Crippen LogP contribution in [0.5, 0.6) is 0 Å².